The molecule has 1 aromatic rings. The van der Waals surface area contributed by atoms with Crippen molar-refractivity contribution in [3.8, 4) is 11.5 Å². The third-order valence-electron chi connectivity index (χ3n) is 4.32. The van der Waals surface area contributed by atoms with Crippen molar-refractivity contribution in [1.82, 2.24) is 5.32 Å². The zero-order chi connectivity index (χ0) is 15.6. The molecule has 4 heteroatoms. The number of methoxy groups -OCH3 is 2. The van der Waals surface area contributed by atoms with Crippen molar-refractivity contribution >= 4 is 8.07 Å². The highest BCUT2D eigenvalue weighted by Gasteiger charge is 2.26. The lowest BCUT2D eigenvalue weighted by molar-refractivity contribution is 0.352. The Morgan fingerprint density at radius 1 is 1.24 bits per heavy atom. The van der Waals surface area contributed by atoms with E-state index in [0.717, 1.165) is 30.9 Å². The Kier molecular flexibility index (Phi) is 4.79. The van der Waals surface area contributed by atoms with Gasteiger partial charge in [0, 0.05) is 6.04 Å². The van der Waals surface area contributed by atoms with Gasteiger partial charge in [-0.3, -0.25) is 0 Å². The molecule has 116 valence electrons. The number of fused-ring (bicyclic) bond motifs is 1. The Labute approximate surface area is 129 Å². The van der Waals surface area contributed by atoms with Gasteiger partial charge < -0.3 is 14.8 Å². The van der Waals surface area contributed by atoms with Crippen LogP contribution in [0.25, 0.3) is 0 Å². The Morgan fingerprint density at radius 3 is 2.43 bits per heavy atom. The molecule has 2 rings (SSSR count). The van der Waals surface area contributed by atoms with E-state index in [2.05, 4.69) is 43.7 Å². The summed E-state index contributed by atoms with van der Waals surface area (Å²) in [5.41, 5.74) is 2.69. The molecule has 0 radical (unpaired) electrons. The maximum Gasteiger partial charge on any atom is 0.161 e. The van der Waals surface area contributed by atoms with E-state index in [1.807, 2.05) is 0 Å². The number of hydrogen-bond donors (Lipinski definition) is 1. The quantitative estimate of drug-likeness (QED) is 0.841. The fourth-order valence-electron chi connectivity index (χ4n) is 2.70. The summed E-state index contributed by atoms with van der Waals surface area (Å²) < 4.78 is 10.9. The van der Waals surface area contributed by atoms with E-state index in [1.165, 1.54) is 16.3 Å². The Morgan fingerprint density at radius 2 is 1.86 bits per heavy atom. The van der Waals surface area contributed by atoms with Crippen molar-refractivity contribution in [2.75, 3.05) is 20.8 Å². The SMILES string of the molecule is C=C(C[C@@H]1NCCc2cc(OC)c(OC)cc21)[Si](C)(C)C. The summed E-state index contributed by atoms with van der Waals surface area (Å²) in [6.07, 6.45) is 2.05. The van der Waals surface area contributed by atoms with Crippen molar-refractivity contribution < 1.29 is 9.47 Å². The van der Waals surface area contributed by atoms with Gasteiger partial charge in [-0.1, -0.05) is 24.8 Å². The summed E-state index contributed by atoms with van der Waals surface area (Å²) in [5.74, 6) is 1.63. The van der Waals surface area contributed by atoms with Crippen molar-refractivity contribution in [3.63, 3.8) is 0 Å². The van der Waals surface area contributed by atoms with Crippen molar-refractivity contribution in [2.45, 2.75) is 38.5 Å². The number of benzene rings is 1. The average molecular weight is 305 g/mol. The third kappa shape index (κ3) is 3.50. The minimum Gasteiger partial charge on any atom is -0.493 e. The van der Waals surface area contributed by atoms with Gasteiger partial charge in [-0.05, 0) is 42.6 Å². The molecule has 1 heterocycles. The third-order valence-corrected chi connectivity index (χ3v) is 6.64. The van der Waals surface area contributed by atoms with E-state index in [4.69, 9.17) is 9.47 Å². The maximum atomic E-state index is 5.46. The van der Waals surface area contributed by atoms with Gasteiger partial charge in [0.25, 0.3) is 0 Å². The highest BCUT2D eigenvalue weighted by Crippen LogP contribution is 2.37. The highest BCUT2D eigenvalue weighted by atomic mass is 28.3. The monoisotopic (exact) mass is 305 g/mol. The summed E-state index contributed by atoms with van der Waals surface area (Å²) in [4.78, 5) is 0. The lowest BCUT2D eigenvalue weighted by Crippen LogP contribution is -2.33. The standard InChI is InChI=1S/C17H27NO2Si/c1-12(21(4,5)6)9-15-14-11-17(20-3)16(19-2)10-13(14)7-8-18-15/h10-11,15,18H,1,7-9H2,2-6H3/t15-/m0/s1. The van der Waals surface area contributed by atoms with Crippen LogP contribution in [0.5, 0.6) is 11.5 Å². The van der Waals surface area contributed by atoms with Gasteiger partial charge in [-0.25, -0.2) is 0 Å². The molecule has 1 N–H and O–H groups in total. The van der Waals surface area contributed by atoms with E-state index >= 15 is 0 Å². The molecule has 1 aromatic carbocycles. The molecule has 0 fully saturated rings. The van der Waals surface area contributed by atoms with Crippen LogP contribution < -0.4 is 14.8 Å². The summed E-state index contributed by atoms with van der Waals surface area (Å²) in [6, 6.07) is 4.59. The van der Waals surface area contributed by atoms with Crippen molar-refractivity contribution in [1.29, 1.82) is 0 Å². The van der Waals surface area contributed by atoms with Crippen LogP contribution in [0.15, 0.2) is 23.9 Å². The van der Waals surface area contributed by atoms with Crippen LogP contribution >= 0.6 is 0 Å². The van der Waals surface area contributed by atoms with Gasteiger partial charge in [0.15, 0.2) is 11.5 Å². The summed E-state index contributed by atoms with van der Waals surface area (Å²) in [5, 5.41) is 5.04. The second-order valence-electron chi connectivity index (χ2n) is 6.72. The summed E-state index contributed by atoms with van der Waals surface area (Å²) in [7, 11) is 2.09. The first kappa shape index (κ1) is 16.1. The minimum atomic E-state index is -1.30. The summed E-state index contributed by atoms with van der Waals surface area (Å²) in [6.45, 7) is 12.4. The molecule has 0 aromatic heterocycles. The molecule has 0 amide bonds. The van der Waals surface area contributed by atoms with Gasteiger partial charge >= 0.3 is 0 Å². The summed E-state index contributed by atoms with van der Waals surface area (Å²) >= 11 is 0. The molecule has 1 aliphatic heterocycles. The predicted molar refractivity (Wildman–Crippen MR) is 91.1 cm³/mol. The fraction of sp³-hybridized carbons (Fsp3) is 0.529. The zero-order valence-electron chi connectivity index (χ0n) is 13.9. The molecule has 0 unspecified atom stereocenters. The topological polar surface area (TPSA) is 30.5 Å². The molecule has 0 saturated carbocycles. The van der Waals surface area contributed by atoms with Crippen molar-refractivity contribution in [3.05, 3.63) is 35.0 Å². The minimum absolute atomic E-state index is 0.341. The van der Waals surface area contributed by atoms with E-state index in [9.17, 15) is 0 Å². The first-order valence-corrected chi connectivity index (χ1v) is 11.0. The Balaban J connectivity index is 2.32. The fourth-order valence-corrected chi connectivity index (χ4v) is 3.52. The smallest absolute Gasteiger partial charge is 0.161 e. The predicted octanol–water partition coefficient (Wildman–Crippen LogP) is 3.71. The molecule has 0 spiro atoms. The van der Waals surface area contributed by atoms with Crippen LogP contribution in [0.3, 0.4) is 0 Å². The number of ether oxygens (including phenoxy) is 2. The van der Waals surface area contributed by atoms with Crippen LogP contribution in [-0.4, -0.2) is 28.8 Å². The van der Waals surface area contributed by atoms with Crippen LogP contribution in [0.2, 0.25) is 19.6 Å². The molecule has 3 nitrogen and oxygen atoms in total. The number of hydrogen-bond acceptors (Lipinski definition) is 3. The molecule has 1 aliphatic rings. The van der Waals surface area contributed by atoms with E-state index in [1.54, 1.807) is 14.2 Å². The lowest BCUT2D eigenvalue weighted by Gasteiger charge is -2.31. The van der Waals surface area contributed by atoms with Gasteiger partial charge in [0.05, 0.1) is 22.3 Å². The second-order valence-corrected chi connectivity index (χ2v) is 11.9. The van der Waals surface area contributed by atoms with Crippen LogP contribution in [0.1, 0.15) is 23.6 Å². The largest absolute Gasteiger partial charge is 0.493 e. The van der Waals surface area contributed by atoms with Crippen molar-refractivity contribution in [2.24, 2.45) is 0 Å². The Hall–Kier alpha value is -1.26. The van der Waals surface area contributed by atoms with Gasteiger partial charge in [0.1, 0.15) is 0 Å². The van der Waals surface area contributed by atoms with Gasteiger partial charge in [-0.15, -0.1) is 6.58 Å². The molecular formula is C17H27NO2Si. The highest BCUT2D eigenvalue weighted by molar-refractivity contribution is 6.82. The van der Waals surface area contributed by atoms with Crippen LogP contribution in [-0.2, 0) is 6.42 Å². The molecule has 0 saturated heterocycles. The number of rotatable bonds is 5. The van der Waals surface area contributed by atoms with Crippen LogP contribution in [0.4, 0.5) is 0 Å². The average Bonchev–Trinajstić information content (AvgIpc) is 2.45. The second kappa shape index (κ2) is 6.24. The molecule has 21 heavy (non-hydrogen) atoms. The maximum absolute atomic E-state index is 5.46. The lowest BCUT2D eigenvalue weighted by atomic mass is 9.92. The molecular weight excluding hydrogens is 278 g/mol. The Bertz CT molecular complexity index is 534. The van der Waals surface area contributed by atoms with Crippen LogP contribution in [0, 0.1) is 0 Å². The van der Waals surface area contributed by atoms with E-state index in [0.29, 0.717) is 6.04 Å². The van der Waals surface area contributed by atoms with E-state index < -0.39 is 8.07 Å². The first-order chi connectivity index (χ1) is 9.86. The van der Waals surface area contributed by atoms with Gasteiger partial charge in [-0.2, -0.15) is 0 Å². The van der Waals surface area contributed by atoms with Gasteiger partial charge in [0.2, 0.25) is 0 Å². The first-order valence-electron chi connectivity index (χ1n) is 7.53. The molecule has 0 aliphatic carbocycles. The molecule has 1 atom stereocenters. The van der Waals surface area contributed by atoms with E-state index in [-0.39, 0.29) is 0 Å². The number of nitrogens with one attached hydrogen (secondary N) is 1. The normalized spacial score (nSPS) is 18.0. The zero-order valence-corrected chi connectivity index (χ0v) is 14.9. The molecule has 0 bridgehead atoms.